The third-order valence-corrected chi connectivity index (χ3v) is 8.32. The molecule has 42 heavy (non-hydrogen) atoms. The van der Waals surface area contributed by atoms with Crippen molar-refractivity contribution in [1.29, 1.82) is 5.53 Å². The number of nitrogens with one attached hydrogen (secondary N) is 2. The van der Waals surface area contributed by atoms with Crippen LogP contribution in [0.1, 0.15) is 50.9 Å². The van der Waals surface area contributed by atoms with Crippen LogP contribution in [-0.4, -0.2) is 108 Å². The van der Waals surface area contributed by atoms with Crippen LogP contribution < -0.4 is 10.2 Å². The number of carbonyl (C=O) groups is 3. The summed E-state index contributed by atoms with van der Waals surface area (Å²) < 4.78 is 5.53. The van der Waals surface area contributed by atoms with Crippen molar-refractivity contribution < 1.29 is 23.9 Å². The molecule has 2 aromatic rings. The number of benzene rings is 1. The maximum Gasteiger partial charge on any atom is 0.295 e. The zero-order chi connectivity index (χ0) is 30.8. The summed E-state index contributed by atoms with van der Waals surface area (Å²) in [7, 11) is 2.14. The van der Waals surface area contributed by atoms with Gasteiger partial charge in [0.15, 0.2) is 10.9 Å². The first-order valence-corrected chi connectivity index (χ1v) is 15.5. The number of nitrogens with zero attached hydrogens (tertiary/aromatic N) is 5. The second-order valence-electron chi connectivity index (χ2n) is 10.8. The lowest BCUT2D eigenvalue weighted by Crippen LogP contribution is -2.52. The predicted molar refractivity (Wildman–Crippen MR) is 164 cm³/mol. The lowest BCUT2D eigenvalue weighted by atomic mass is 10.0. The molecule has 0 aliphatic carbocycles. The fraction of sp³-hybridized carbons (Fsp3) is 0.567. The van der Waals surface area contributed by atoms with Crippen LogP contribution >= 0.6 is 11.3 Å². The van der Waals surface area contributed by atoms with Crippen molar-refractivity contribution in [1.82, 2.24) is 20.1 Å². The molecule has 4 heterocycles. The first-order valence-electron chi connectivity index (χ1n) is 14.6. The Labute approximate surface area is 252 Å². The van der Waals surface area contributed by atoms with Gasteiger partial charge in [-0.15, -0.1) is 11.3 Å². The van der Waals surface area contributed by atoms with Crippen LogP contribution in [0.15, 0.2) is 29.6 Å². The number of ketones is 1. The minimum absolute atomic E-state index is 0.0566. The average Bonchev–Trinajstić information content (AvgIpc) is 3.73. The van der Waals surface area contributed by atoms with Crippen molar-refractivity contribution in [3.8, 4) is 11.3 Å². The van der Waals surface area contributed by atoms with E-state index in [1.807, 2.05) is 39.8 Å². The van der Waals surface area contributed by atoms with E-state index < -0.39 is 12.1 Å². The van der Waals surface area contributed by atoms with Gasteiger partial charge in [-0.1, -0.05) is 39.8 Å². The highest BCUT2D eigenvalue weighted by molar-refractivity contribution is 7.14. The minimum Gasteiger partial charge on any atom is -0.368 e. The Bertz CT molecular complexity index is 1230. The third-order valence-electron chi connectivity index (χ3n) is 7.41. The number of fused-ring (bicyclic) bond motifs is 1. The van der Waals surface area contributed by atoms with Crippen molar-refractivity contribution in [3.63, 3.8) is 0 Å². The lowest BCUT2D eigenvalue weighted by Gasteiger charge is -2.32. The molecule has 3 aliphatic heterocycles. The summed E-state index contributed by atoms with van der Waals surface area (Å²) in [5.74, 6) is -0.362. The zero-order valence-electron chi connectivity index (χ0n) is 25.3. The van der Waals surface area contributed by atoms with Gasteiger partial charge < -0.3 is 24.8 Å². The van der Waals surface area contributed by atoms with Gasteiger partial charge in [-0.25, -0.2) is 4.98 Å². The number of ether oxygens (including phenoxy) is 1. The topological polar surface area (TPSA) is 133 Å². The van der Waals surface area contributed by atoms with Crippen LogP contribution in [0, 0.1) is 11.4 Å². The number of anilines is 1. The van der Waals surface area contributed by atoms with Crippen molar-refractivity contribution in [2.24, 2.45) is 5.92 Å². The molecule has 12 heteroatoms. The average molecular weight is 599 g/mol. The molecular formula is C30H44N7O4S+. The zero-order valence-corrected chi connectivity index (χ0v) is 26.2. The van der Waals surface area contributed by atoms with Crippen LogP contribution in [0.3, 0.4) is 0 Å². The van der Waals surface area contributed by atoms with E-state index in [4.69, 9.17) is 15.3 Å². The summed E-state index contributed by atoms with van der Waals surface area (Å²) in [6, 6.07) is 6.14. The van der Waals surface area contributed by atoms with Gasteiger partial charge in [-0.3, -0.25) is 14.4 Å². The molecule has 0 saturated carbocycles. The summed E-state index contributed by atoms with van der Waals surface area (Å²) in [4.78, 5) is 52.4. The van der Waals surface area contributed by atoms with Crippen molar-refractivity contribution >= 4 is 40.8 Å². The molecule has 0 bridgehead atoms. The van der Waals surface area contributed by atoms with E-state index in [1.54, 1.807) is 28.4 Å². The highest BCUT2D eigenvalue weighted by Gasteiger charge is 2.48. The second kappa shape index (κ2) is 15.7. The summed E-state index contributed by atoms with van der Waals surface area (Å²) in [6.07, 6.45) is 0.931. The Morgan fingerprint density at radius 3 is 2.43 bits per heavy atom. The normalized spacial score (nSPS) is 20.6. The van der Waals surface area contributed by atoms with Crippen molar-refractivity contribution in [3.05, 3.63) is 35.2 Å². The molecular weight excluding hydrogens is 554 g/mol. The van der Waals surface area contributed by atoms with E-state index in [0.717, 1.165) is 42.6 Å². The second-order valence-corrected chi connectivity index (χ2v) is 11.6. The molecule has 2 N–H and O–H groups in total. The number of hydrogen-bond donors (Lipinski definition) is 2. The molecule has 2 amide bonds. The van der Waals surface area contributed by atoms with Gasteiger partial charge in [0.1, 0.15) is 18.7 Å². The Morgan fingerprint density at radius 2 is 1.81 bits per heavy atom. The molecule has 0 spiro atoms. The molecule has 3 saturated heterocycles. The van der Waals surface area contributed by atoms with Gasteiger partial charge in [0.05, 0.1) is 17.3 Å². The Kier molecular flexibility index (Phi) is 12.4. The summed E-state index contributed by atoms with van der Waals surface area (Å²) in [6.45, 7) is 15.3. The number of amides is 2. The number of likely N-dealkylation sites (N-methyl/N-ethyl adjacent to an activating group) is 1. The quantitative estimate of drug-likeness (QED) is 0.284. The molecule has 1 aromatic carbocycles. The smallest absolute Gasteiger partial charge is 0.295 e. The van der Waals surface area contributed by atoms with E-state index in [-0.39, 0.29) is 36.2 Å². The molecule has 1 unspecified atom stereocenters. The number of thiazole rings is 1. The van der Waals surface area contributed by atoms with Crippen LogP contribution in [0.4, 0.5) is 5.13 Å². The van der Waals surface area contributed by atoms with Crippen molar-refractivity contribution in [2.45, 2.75) is 58.7 Å². The van der Waals surface area contributed by atoms with Gasteiger partial charge in [0, 0.05) is 54.0 Å². The summed E-state index contributed by atoms with van der Waals surface area (Å²) in [5.41, 5.74) is 8.05. The number of piperazine rings is 1. The van der Waals surface area contributed by atoms with Gasteiger partial charge in [0.25, 0.3) is 12.6 Å². The summed E-state index contributed by atoms with van der Waals surface area (Å²) >= 11 is 1.64. The minimum atomic E-state index is -0.691. The lowest BCUT2D eigenvalue weighted by molar-refractivity contribution is -0.138. The van der Waals surface area contributed by atoms with E-state index in [9.17, 15) is 14.4 Å². The van der Waals surface area contributed by atoms with E-state index in [0.29, 0.717) is 24.9 Å². The van der Waals surface area contributed by atoms with Crippen LogP contribution in [0.2, 0.25) is 0 Å². The number of rotatable bonds is 7. The maximum absolute atomic E-state index is 13.4. The van der Waals surface area contributed by atoms with Crippen LogP contribution in [0.5, 0.6) is 0 Å². The SMILES string of the molecule is C=[N+]=N.CC.CC(C)CC(NC(=O)c1ccc(-c2csc(N3CCN(C)CC3)n2)cc1)C(=O)N1CC[C@H]2OCC(=O)[C@H]21. The van der Waals surface area contributed by atoms with Crippen LogP contribution in [0.25, 0.3) is 11.3 Å². The van der Waals surface area contributed by atoms with Crippen LogP contribution in [-0.2, 0) is 14.3 Å². The molecule has 228 valence electrons. The third kappa shape index (κ3) is 8.10. The molecule has 3 aliphatic rings. The van der Waals surface area contributed by atoms with Gasteiger partial charge in [-0.05, 0) is 37.9 Å². The highest BCUT2D eigenvalue weighted by atomic mass is 32.1. The molecule has 3 atom stereocenters. The fourth-order valence-corrected chi connectivity index (χ4v) is 6.20. The van der Waals surface area contributed by atoms with E-state index >= 15 is 0 Å². The number of likely N-dealkylation sites (tertiary alicyclic amines) is 1. The number of carbonyl (C=O) groups excluding carboxylic acids is 3. The highest BCUT2D eigenvalue weighted by Crippen LogP contribution is 2.29. The molecule has 0 radical (unpaired) electrons. The first kappa shape index (κ1) is 33.1. The van der Waals surface area contributed by atoms with Crippen molar-refractivity contribution in [2.75, 3.05) is 51.3 Å². The van der Waals surface area contributed by atoms with Gasteiger partial charge in [-0.2, -0.15) is 0 Å². The standard InChI is InChI=1S/C27H35N5O4S.C2H6.CH3N2/c1-17(2)14-20(26(35)32-9-8-23-24(32)22(33)15-36-23)28-25(34)19-6-4-18(5-7-19)21-16-37-27(29-21)31-12-10-30(3)11-13-31;1-2;1-3-2/h4-7,16-17,20,23-24H,8-15H2,1-3H3,(H,28,34);1-2H3;2H,1H2/q;;+1/t20?,23-,24-;;/m1../s1. The Balaban J connectivity index is 0.000000910. The largest absolute Gasteiger partial charge is 0.368 e. The molecule has 11 nitrogen and oxygen atoms in total. The first-order chi connectivity index (χ1) is 20.2. The van der Waals surface area contributed by atoms with E-state index in [1.165, 1.54) is 0 Å². The monoisotopic (exact) mass is 598 g/mol. The maximum atomic E-state index is 13.4. The number of aromatic nitrogens is 1. The Hall–Kier alpha value is -3.44. The number of Topliss-reactive ketones (excluding diaryl/α,β-unsaturated/α-hetero) is 1. The van der Waals surface area contributed by atoms with E-state index in [2.05, 4.69) is 39.1 Å². The molecule has 3 fully saturated rings. The number of hydrogen-bond acceptors (Lipinski definition) is 9. The Morgan fingerprint density at radius 1 is 1.17 bits per heavy atom. The molecule has 1 aromatic heterocycles. The van der Waals surface area contributed by atoms with Gasteiger partial charge >= 0.3 is 0 Å². The molecule has 5 rings (SSSR count). The fourth-order valence-electron chi connectivity index (χ4n) is 5.31. The predicted octanol–water partition coefficient (Wildman–Crippen LogP) is 3.23. The van der Waals surface area contributed by atoms with Gasteiger partial charge in [0.2, 0.25) is 5.91 Å². The summed E-state index contributed by atoms with van der Waals surface area (Å²) in [5, 5.41) is 6.02.